The van der Waals surface area contributed by atoms with Crippen molar-refractivity contribution in [3.05, 3.63) is 99.4 Å². The number of carbonyl (C=O) groups is 3. The molecule has 1 saturated heterocycles. The molecule has 2 amide bonds. The van der Waals surface area contributed by atoms with Crippen molar-refractivity contribution in [1.29, 1.82) is 0 Å². The van der Waals surface area contributed by atoms with Crippen LogP contribution >= 0.6 is 23.4 Å². The van der Waals surface area contributed by atoms with E-state index in [9.17, 15) is 14.4 Å². The van der Waals surface area contributed by atoms with Crippen molar-refractivity contribution in [1.82, 2.24) is 4.90 Å². The first-order chi connectivity index (χ1) is 16.4. The highest BCUT2D eigenvalue weighted by molar-refractivity contribution is 8.18. The van der Waals surface area contributed by atoms with Gasteiger partial charge in [0.25, 0.3) is 11.1 Å². The maximum atomic E-state index is 12.8. The van der Waals surface area contributed by atoms with Crippen molar-refractivity contribution in [2.24, 2.45) is 0 Å². The van der Waals surface area contributed by atoms with Crippen molar-refractivity contribution in [3.63, 3.8) is 0 Å². The molecule has 34 heavy (non-hydrogen) atoms. The van der Waals surface area contributed by atoms with Crippen LogP contribution in [-0.2, 0) is 4.79 Å². The largest absolute Gasteiger partial charge is 0.492 e. The van der Waals surface area contributed by atoms with Gasteiger partial charge in [0.05, 0.1) is 17.0 Å². The summed E-state index contributed by atoms with van der Waals surface area (Å²) in [6.07, 6.45) is 1.56. The van der Waals surface area contributed by atoms with Gasteiger partial charge in [-0.2, -0.15) is 0 Å². The summed E-state index contributed by atoms with van der Waals surface area (Å²) >= 11 is 6.69. The summed E-state index contributed by atoms with van der Waals surface area (Å²) in [5, 5.41) is 0.207. The highest BCUT2D eigenvalue weighted by atomic mass is 35.5. The third-order valence-corrected chi connectivity index (χ3v) is 6.13. The molecule has 1 fully saturated rings. The van der Waals surface area contributed by atoms with Crippen LogP contribution in [0.5, 0.6) is 11.5 Å². The molecule has 6 nitrogen and oxygen atoms in total. The number of esters is 1. The monoisotopic (exact) mass is 493 g/mol. The topological polar surface area (TPSA) is 72.9 Å². The number of nitrogens with zero attached hydrogens (tertiary/aromatic N) is 1. The van der Waals surface area contributed by atoms with Crippen LogP contribution in [0.15, 0.2) is 77.7 Å². The number of ether oxygens (including phenoxy) is 2. The van der Waals surface area contributed by atoms with Crippen LogP contribution in [0.1, 0.15) is 21.5 Å². The van der Waals surface area contributed by atoms with E-state index in [0.29, 0.717) is 27.6 Å². The Labute approximate surface area is 206 Å². The summed E-state index contributed by atoms with van der Waals surface area (Å²) in [7, 11) is 0. The third-order valence-electron chi connectivity index (χ3n) is 4.97. The van der Waals surface area contributed by atoms with Gasteiger partial charge in [0, 0.05) is 10.6 Å². The van der Waals surface area contributed by atoms with E-state index in [4.69, 9.17) is 21.1 Å². The normalized spacial score (nSPS) is 14.5. The van der Waals surface area contributed by atoms with Gasteiger partial charge in [-0.3, -0.25) is 14.5 Å². The molecule has 1 aliphatic rings. The molecule has 0 unspecified atom stereocenters. The van der Waals surface area contributed by atoms with Gasteiger partial charge in [0.1, 0.15) is 18.1 Å². The molecule has 0 N–H and O–H groups in total. The fraction of sp³-hybridized carbons (Fsp3) is 0.115. The standard InChI is InChI=1S/C26H20ClNO5S/c1-17-6-8-18(9-7-17)25(30)33-22-5-3-2-4-19(22)16-23-24(29)28(26(31)34-23)14-15-32-21-12-10-20(27)11-13-21/h2-13,16H,14-15H2,1H3/b23-16-. The van der Waals surface area contributed by atoms with Gasteiger partial charge in [-0.15, -0.1) is 0 Å². The number of hydrogen-bond acceptors (Lipinski definition) is 6. The van der Waals surface area contributed by atoms with E-state index < -0.39 is 11.9 Å². The smallest absolute Gasteiger partial charge is 0.343 e. The second-order valence-electron chi connectivity index (χ2n) is 7.43. The van der Waals surface area contributed by atoms with Gasteiger partial charge in [-0.25, -0.2) is 4.79 Å². The molecule has 8 heteroatoms. The molecular weight excluding hydrogens is 474 g/mol. The number of halogens is 1. The minimum Gasteiger partial charge on any atom is -0.492 e. The van der Waals surface area contributed by atoms with Crippen LogP contribution in [0.4, 0.5) is 4.79 Å². The number of rotatable bonds is 7. The van der Waals surface area contributed by atoms with E-state index >= 15 is 0 Å². The number of benzene rings is 3. The molecule has 0 radical (unpaired) electrons. The van der Waals surface area contributed by atoms with Crippen molar-refractivity contribution in [2.45, 2.75) is 6.92 Å². The van der Waals surface area contributed by atoms with E-state index in [-0.39, 0.29) is 23.3 Å². The summed E-state index contributed by atoms with van der Waals surface area (Å²) in [5.41, 5.74) is 1.97. The first-order valence-corrected chi connectivity index (χ1v) is 11.6. The average Bonchev–Trinajstić information content (AvgIpc) is 3.09. The maximum absolute atomic E-state index is 12.8. The number of hydrogen-bond donors (Lipinski definition) is 0. The molecule has 3 aromatic rings. The second-order valence-corrected chi connectivity index (χ2v) is 8.86. The zero-order valence-corrected chi connectivity index (χ0v) is 19.8. The summed E-state index contributed by atoms with van der Waals surface area (Å²) in [6.45, 7) is 2.19. The fourth-order valence-corrected chi connectivity index (χ4v) is 4.14. The summed E-state index contributed by atoms with van der Waals surface area (Å²) in [6, 6.07) is 20.7. The maximum Gasteiger partial charge on any atom is 0.343 e. The summed E-state index contributed by atoms with van der Waals surface area (Å²) in [4.78, 5) is 39.2. The fourth-order valence-electron chi connectivity index (χ4n) is 3.16. The molecule has 172 valence electrons. The summed E-state index contributed by atoms with van der Waals surface area (Å²) < 4.78 is 11.2. The Morgan fingerprint density at radius 2 is 1.71 bits per heavy atom. The SMILES string of the molecule is Cc1ccc(C(=O)Oc2ccccc2/C=C2\SC(=O)N(CCOc3ccc(Cl)cc3)C2=O)cc1. The van der Waals surface area contributed by atoms with E-state index in [1.807, 2.05) is 19.1 Å². The van der Waals surface area contributed by atoms with Gasteiger partial charge in [0.15, 0.2) is 0 Å². The lowest BCUT2D eigenvalue weighted by Gasteiger charge is -2.13. The molecule has 0 aliphatic carbocycles. The van der Waals surface area contributed by atoms with Crippen molar-refractivity contribution >= 4 is 46.6 Å². The predicted molar refractivity (Wildman–Crippen MR) is 132 cm³/mol. The lowest BCUT2D eigenvalue weighted by molar-refractivity contribution is -0.123. The van der Waals surface area contributed by atoms with Crippen LogP contribution in [0.25, 0.3) is 6.08 Å². The lowest BCUT2D eigenvalue weighted by Crippen LogP contribution is -2.32. The number of thioether (sulfide) groups is 1. The third kappa shape index (κ3) is 5.68. The lowest BCUT2D eigenvalue weighted by atomic mass is 10.1. The molecule has 4 rings (SSSR count). The van der Waals surface area contributed by atoms with E-state index in [1.165, 1.54) is 0 Å². The van der Waals surface area contributed by atoms with Crippen molar-refractivity contribution < 1.29 is 23.9 Å². The molecule has 0 saturated carbocycles. The Balaban J connectivity index is 1.44. The number of aryl methyl sites for hydroxylation is 1. The Kier molecular flexibility index (Phi) is 7.35. The number of para-hydroxylation sites is 1. The highest BCUT2D eigenvalue weighted by Crippen LogP contribution is 2.34. The number of carbonyl (C=O) groups excluding carboxylic acids is 3. The molecule has 1 aliphatic heterocycles. The summed E-state index contributed by atoms with van der Waals surface area (Å²) in [5.74, 6) is -0.0372. The molecule has 0 spiro atoms. The average molecular weight is 494 g/mol. The quantitative estimate of drug-likeness (QED) is 0.229. The zero-order valence-electron chi connectivity index (χ0n) is 18.2. The van der Waals surface area contributed by atoms with Gasteiger partial charge >= 0.3 is 5.97 Å². The minimum atomic E-state index is -0.506. The Bertz CT molecular complexity index is 1250. The first kappa shape index (κ1) is 23.6. The van der Waals surface area contributed by atoms with Gasteiger partial charge < -0.3 is 9.47 Å². The Morgan fingerprint density at radius 3 is 2.44 bits per heavy atom. The van der Waals surface area contributed by atoms with E-state index in [0.717, 1.165) is 22.2 Å². The number of amides is 2. The highest BCUT2D eigenvalue weighted by Gasteiger charge is 2.35. The van der Waals surface area contributed by atoms with Crippen molar-refractivity contribution in [3.8, 4) is 11.5 Å². The van der Waals surface area contributed by atoms with Gasteiger partial charge in [0.2, 0.25) is 0 Å². The van der Waals surface area contributed by atoms with Gasteiger partial charge in [-0.05, 0) is 67.2 Å². The molecule has 3 aromatic carbocycles. The van der Waals surface area contributed by atoms with Crippen LogP contribution in [0, 0.1) is 6.92 Å². The van der Waals surface area contributed by atoms with Crippen LogP contribution in [0.2, 0.25) is 5.02 Å². The Hall–Kier alpha value is -3.55. The Morgan fingerprint density at radius 1 is 1.00 bits per heavy atom. The van der Waals surface area contributed by atoms with Gasteiger partial charge in [-0.1, -0.05) is 47.5 Å². The first-order valence-electron chi connectivity index (χ1n) is 10.4. The molecule has 0 aromatic heterocycles. The van der Waals surface area contributed by atoms with Crippen LogP contribution < -0.4 is 9.47 Å². The number of imide groups is 1. The molecule has 0 atom stereocenters. The molecule has 1 heterocycles. The van der Waals surface area contributed by atoms with Crippen molar-refractivity contribution in [2.75, 3.05) is 13.2 Å². The van der Waals surface area contributed by atoms with Crippen LogP contribution in [0.3, 0.4) is 0 Å². The van der Waals surface area contributed by atoms with Crippen LogP contribution in [-0.4, -0.2) is 35.2 Å². The molecule has 0 bridgehead atoms. The second kappa shape index (κ2) is 10.6. The zero-order chi connectivity index (χ0) is 24.1. The molecular formula is C26H20ClNO5S. The predicted octanol–water partition coefficient (Wildman–Crippen LogP) is 5.98. The van der Waals surface area contributed by atoms with E-state index in [1.54, 1.807) is 66.7 Å². The van der Waals surface area contributed by atoms with E-state index in [2.05, 4.69) is 0 Å². The minimum absolute atomic E-state index is 0.106.